The number of nitro groups is 2. The third-order valence-electron chi connectivity index (χ3n) is 6.03. The second-order valence-electron chi connectivity index (χ2n) is 8.82. The van der Waals surface area contributed by atoms with E-state index in [4.69, 9.17) is 12.2 Å². The molecule has 0 fully saturated rings. The van der Waals surface area contributed by atoms with E-state index in [0.29, 0.717) is 17.1 Å². The number of anilines is 2. The predicted octanol–water partition coefficient (Wildman–Crippen LogP) is 5.84. The highest BCUT2D eigenvalue weighted by atomic mass is 127. The van der Waals surface area contributed by atoms with Crippen molar-refractivity contribution < 1.29 is 36.6 Å². The first-order chi connectivity index (χ1) is 21.0. The van der Waals surface area contributed by atoms with Crippen molar-refractivity contribution in [3.63, 3.8) is 0 Å². The van der Waals surface area contributed by atoms with Crippen molar-refractivity contribution in [2.24, 2.45) is 0 Å². The van der Waals surface area contributed by atoms with Gasteiger partial charge < -0.3 is 10.4 Å². The molecule has 14 nitrogen and oxygen atoms in total. The summed E-state index contributed by atoms with van der Waals surface area (Å²) in [6.45, 7) is 0. The standard InChI is InChI=1S/C26H16I2N4O10S3/c27-22-13-15(25(33)34)14-23(28)24(22)29-26(43)30(45(41,42)21-11-5-18(6-12-21)32(37)38)16-1-7-19(8-2-16)44(39,40)20-9-3-17(4-10-20)31(35)36/h1-14H,(H,29,43)(H,33,34). The van der Waals surface area contributed by atoms with E-state index < -0.39 is 40.8 Å². The summed E-state index contributed by atoms with van der Waals surface area (Å²) in [4.78, 5) is 31.3. The topological polar surface area (TPSA) is 207 Å². The molecule has 232 valence electrons. The summed E-state index contributed by atoms with van der Waals surface area (Å²) >= 11 is 9.22. The molecule has 4 aromatic carbocycles. The fraction of sp³-hybridized carbons (Fsp3) is 0. The van der Waals surface area contributed by atoms with Gasteiger partial charge in [0.1, 0.15) is 0 Å². The van der Waals surface area contributed by atoms with Gasteiger partial charge in [0, 0.05) is 31.4 Å². The second kappa shape index (κ2) is 13.3. The highest BCUT2D eigenvalue weighted by Gasteiger charge is 2.31. The van der Waals surface area contributed by atoms with E-state index in [1.807, 2.05) is 45.2 Å². The first-order valence-corrected chi connectivity index (χ1v) is 17.5. The second-order valence-corrected chi connectivity index (χ2v) is 15.3. The molecule has 0 bridgehead atoms. The van der Waals surface area contributed by atoms with Gasteiger partial charge in [-0.25, -0.2) is 25.9 Å². The number of aromatic carboxylic acids is 1. The molecule has 0 atom stereocenters. The number of nitrogens with zero attached hydrogens (tertiary/aromatic N) is 3. The number of non-ortho nitro benzene ring substituents is 2. The average Bonchev–Trinajstić information content (AvgIpc) is 2.99. The van der Waals surface area contributed by atoms with E-state index in [-0.39, 0.29) is 37.3 Å². The average molecular weight is 894 g/mol. The summed E-state index contributed by atoms with van der Waals surface area (Å²) < 4.78 is 55.7. The van der Waals surface area contributed by atoms with Crippen LogP contribution in [0.15, 0.2) is 99.6 Å². The first-order valence-electron chi connectivity index (χ1n) is 12.0. The SMILES string of the molecule is O=C(O)c1cc(I)c(NC(=S)N(c2ccc(S(=O)(=O)c3ccc([N+](=O)[O-])cc3)cc2)S(=O)(=O)c2ccc([N+](=O)[O-])cc2)c(I)c1. The molecule has 0 saturated carbocycles. The van der Waals surface area contributed by atoms with Gasteiger partial charge in [-0.05, 0) is 118 Å². The lowest BCUT2D eigenvalue weighted by molar-refractivity contribution is -0.385. The van der Waals surface area contributed by atoms with Crippen LogP contribution in [0.5, 0.6) is 0 Å². The molecular formula is C26H16I2N4O10S3. The molecule has 0 aromatic heterocycles. The van der Waals surface area contributed by atoms with Crippen LogP contribution in [0.2, 0.25) is 0 Å². The Morgan fingerprint density at radius 1 is 0.756 bits per heavy atom. The molecule has 2 N–H and O–H groups in total. The molecule has 19 heteroatoms. The molecule has 0 amide bonds. The number of carbonyl (C=O) groups is 1. The molecule has 0 aliphatic carbocycles. The third kappa shape index (κ3) is 7.21. The van der Waals surface area contributed by atoms with Crippen molar-refractivity contribution in [1.82, 2.24) is 0 Å². The molecule has 0 heterocycles. The Bertz CT molecular complexity index is 2050. The van der Waals surface area contributed by atoms with E-state index in [9.17, 15) is 47.0 Å². The monoisotopic (exact) mass is 894 g/mol. The quantitative estimate of drug-likeness (QED) is 0.0881. The molecule has 45 heavy (non-hydrogen) atoms. The van der Waals surface area contributed by atoms with Crippen molar-refractivity contribution in [3.8, 4) is 0 Å². The highest BCUT2D eigenvalue weighted by Crippen LogP contribution is 2.32. The van der Waals surface area contributed by atoms with Gasteiger partial charge in [0.25, 0.3) is 21.4 Å². The van der Waals surface area contributed by atoms with Gasteiger partial charge in [-0.15, -0.1) is 0 Å². The molecule has 0 radical (unpaired) electrons. The number of thiocarbonyl (C=S) groups is 1. The summed E-state index contributed by atoms with van der Waals surface area (Å²) in [6.07, 6.45) is 0. The minimum absolute atomic E-state index is 0.0135. The molecular weight excluding hydrogens is 878 g/mol. The number of nitro benzene ring substituents is 2. The van der Waals surface area contributed by atoms with Crippen LogP contribution in [-0.2, 0) is 19.9 Å². The molecule has 0 aliphatic heterocycles. The van der Waals surface area contributed by atoms with Crippen LogP contribution >= 0.6 is 57.4 Å². The lowest BCUT2D eigenvalue weighted by Crippen LogP contribution is -2.40. The van der Waals surface area contributed by atoms with Crippen molar-refractivity contribution in [3.05, 3.63) is 118 Å². The molecule has 0 aliphatic rings. The van der Waals surface area contributed by atoms with Gasteiger partial charge in [-0.3, -0.25) is 20.2 Å². The zero-order valence-electron chi connectivity index (χ0n) is 22.0. The van der Waals surface area contributed by atoms with Crippen LogP contribution < -0.4 is 9.62 Å². The number of sulfone groups is 1. The van der Waals surface area contributed by atoms with Crippen LogP contribution in [0.4, 0.5) is 22.7 Å². The van der Waals surface area contributed by atoms with Crippen LogP contribution in [0.3, 0.4) is 0 Å². The minimum atomic E-state index is -4.58. The Hall–Kier alpha value is -3.80. The number of hydrogen-bond acceptors (Lipinski definition) is 10. The van der Waals surface area contributed by atoms with Gasteiger partial charge >= 0.3 is 5.97 Å². The number of benzene rings is 4. The van der Waals surface area contributed by atoms with Crippen LogP contribution in [0.25, 0.3) is 0 Å². The molecule has 4 aromatic rings. The fourth-order valence-corrected chi connectivity index (χ4v) is 8.98. The normalized spacial score (nSPS) is 11.4. The van der Waals surface area contributed by atoms with Gasteiger partial charge in [-0.2, -0.15) is 0 Å². The number of nitrogens with one attached hydrogen (secondary N) is 1. The maximum Gasteiger partial charge on any atom is 0.335 e. The Balaban J connectivity index is 1.79. The van der Waals surface area contributed by atoms with E-state index >= 15 is 0 Å². The molecule has 0 spiro atoms. The van der Waals surface area contributed by atoms with E-state index in [1.165, 1.54) is 24.3 Å². The zero-order chi connectivity index (χ0) is 33.3. The van der Waals surface area contributed by atoms with Gasteiger partial charge in [0.05, 0.1) is 41.5 Å². The van der Waals surface area contributed by atoms with Crippen LogP contribution in [0, 0.1) is 27.4 Å². The van der Waals surface area contributed by atoms with E-state index in [2.05, 4.69) is 5.32 Å². The summed E-state index contributed by atoms with van der Waals surface area (Å²) in [5, 5.41) is 33.8. The summed E-state index contributed by atoms with van der Waals surface area (Å²) in [5.41, 5.74) is -0.488. The van der Waals surface area contributed by atoms with Crippen molar-refractivity contribution in [2.75, 3.05) is 9.62 Å². The minimum Gasteiger partial charge on any atom is -0.478 e. The Morgan fingerprint density at radius 2 is 1.16 bits per heavy atom. The van der Waals surface area contributed by atoms with Gasteiger partial charge in [0.2, 0.25) is 9.84 Å². The Labute approximate surface area is 287 Å². The number of halogens is 2. The number of carboxylic acids is 1. The van der Waals surface area contributed by atoms with E-state index in [1.54, 1.807) is 0 Å². The number of carboxylic acid groups (broad SMARTS) is 1. The number of hydrogen-bond donors (Lipinski definition) is 2. The zero-order valence-corrected chi connectivity index (χ0v) is 28.8. The Kier molecular flexibility index (Phi) is 10.1. The summed E-state index contributed by atoms with van der Waals surface area (Å²) in [7, 11) is -8.75. The third-order valence-corrected chi connectivity index (χ3v) is 11.7. The van der Waals surface area contributed by atoms with Crippen molar-refractivity contribution in [1.29, 1.82) is 0 Å². The van der Waals surface area contributed by atoms with Crippen LogP contribution in [0.1, 0.15) is 10.4 Å². The largest absolute Gasteiger partial charge is 0.478 e. The molecule has 4 rings (SSSR count). The first kappa shape index (κ1) is 34.1. The van der Waals surface area contributed by atoms with Crippen molar-refractivity contribution in [2.45, 2.75) is 14.7 Å². The number of sulfonamides is 1. The summed E-state index contributed by atoms with van der Waals surface area (Å²) in [6, 6.07) is 15.6. The fourth-order valence-electron chi connectivity index (χ4n) is 3.83. The van der Waals surface area contributed by atoms with Gasteiger partial charge in [-0.1, -0.05) is 0 Å². The van der Waals surface area contributed by atoms with Crippen LogP contribution in [-0.4, -0.2) is 42.9 Å². The maximum absolute atomic E-state index is 13.9. The maximum atomic E-state index is 13.9. The Morgan fingerprint density at radius 3 is 1.56 bits per heavy atom. The predicted molar refractivity (Wildman–Crippen MR) is 183 cm³/mol. The highest BCUT2D eigenvalue weighted by molar-refractivity contribution is 14.1. The lowest BCUT2D eigenvalue weighted by atomic mass is 10.2. The smallest absolute Gasteiger partial charge is 0.335 e. The van der Waals surface area contributed by atoms with Crippen molar-refractivity contribution >= 4 is 111 Å². The number of rotatable bonds is 9. The summed E-state index contributed by atoms with van der Waals surface area (Å²) in [5.74, 6) is -1.17. The molecule has 0 saturated heterocycles. The van der Waals surface area contributed by atoms with E-state index in [0.717, 1.165) is 60.7 Å². The van der Waals surface area contributed by atoms with Gasteiger partial charge in [0.15, 0.2) is 5.11 Å². The molecule has 0 unspecified atom stereocenters. The lowest BCUT2D eigenvalue weighted by Gasteiger charge is -2.26.